The summed E-state index contributed by atoms with van der Waals surface area (Å²) in [6.45, 7) is 0. The number of alkyl halides is 3. The summed E-state index contributed by atoms with van der Waals surface area (Å²) in [7, 11) is -6.97. The van der Waals surface area contributed by atoms with Crippen LogP contribution in [0.15, 0.2) is 35.2 Å². The molecule has 7 heteroatoms. The number of benzene rings is 1. The fourth-order valence-corrected chi connectivity index (χ4v) is 3.90. The van der Waals surface area contributed by atoms with Gasteiger partial charge in [-0.2, -0.15) is 21.6 Å². The molecule has 0 N–H and O–H groups in total. The monoisotopic (exact) mass is 257 g/mol. The lowest BCUT2D eigenvalue weighted by Crippen LogP contribution is -2.30. The molecule has 1 aromatic rings. The van der Waals surface area contributed by atoms with E-state index in [4.69, 9.17) is 0 Å². The number of rotatable bonds is 2. The highest BCUT2D eigenvalue weighted by atomic mass is 33.2. The molecular formula is C8H8F3O2S2+. The summed E-state index contributed by atoms with van der Waals surface area (Å²) in [6, 6.07) is 7.36. The van der Waals surface area contributed by atoms with E-state index >= 15 is 0 Å². The van der Waals surface area contributed by atoms with Crippen LogP contribution in [-0.4, -0.2) is 20.2 Å². The minimum atomic E-state index is -5.19. The maximum absolute atomic E-state index is 12.2. The van der Waals surface area contributed by atoms with E-state index in [1.165, 1.54) is 24.3 Å². The third-order valence-corrected chi connectivity index (χ3v) is 6.97. The van der Waals surface area contributed by atoms with Gasteiger partial charge in [0.05, 0.1) is 0 Å². The summed E-state index contributed by atoms with van der Waals surface area (Å²) in [5.74, 6) is 0. The third kappa shape index (κ3) is 2.46. The topological polar surface area (TPSA) is 34.1 Å². The van der Waals surface area contributed by atoms with Crippen molar-refractivity contribution in [3.8, 4) is 0 Å². The lowest BCUT2D eigenvalue weighted by molar-refractivity contribution is -0.0411. The molecule has 15 heavy (non-hydrogen) atoms. The second kappa shape index (κ2) is 4.05. The number of hydrogen-bond donors (Lipinski definition) is 0. The van der Waals surface area contributed by atoms with Crippen LogP contribution in [0.2, 0.25) is 0 Å². The van der Waals surface area contributed by atoms with Gasteiger partial charge in [-0.1, -0.05) is 18.2 Å². The van der Waals surface area contributed by atoms with Crippen LogP contribution < -0.4 is 0 Å². The molecular weight excluding hydrogens is 249 g/mol. The van der Waals surface area contributed by atoms with E-state index in [1.807, 2.05) is 0 Å². The molecule has 1 aromatic carbocycles. The van der Waals surface area contributed by atoms with E-state index in [-0.39, 0.29) is 4.90 Å². The van der Waals surface area contributed by atoms with E-state index in [0.717, 1.165) is 6.26 Å². The first-order valence-corrected chi connectivity index (χ1v) is 7.43. The van der Waals surface area contributed by atoms with E-state index in [9.17, 15) is 21.6 Å². The second-order valence-electron chi connectivity index (χ2n) is 2.67. The average Bonchev–Trinajstić information content (AvgIpc) is 2.16. The van der Waals surface area contributed by atoms with Crippen molar-refractivity contribution in [2.75, 3.05) is 6.26 Å². The molecule has 0 heterocycles. The van der Waals surface area contributed by atoms with Gasteiger partial charge in [0.2, 0.25) is 0 Å². The van der Waals surface area contributed by atoms with Gasteiger partial charge < -0.3 is 0 Å². The van der Waals surface area contributed by atoms with Crippen LogP contribution in [0.25, 0.3) is 0 Å². The molecule has 0 aliphatic rings. The van der Waals surface area contributed by atoms with Crippen LogP contribution in [0.5, 0.6) is 0 Å². The maximum atomic E-state index is 12.2. The summed E-state index contributed by atoms with van der Waals surface area (Å²) >= 11 is 0. The fraction of sp³-hybridized carbons (Fsp3) is 0.250. The molecule has 0 radical (unpaired) electrons. The summed E-state index contributed by atoms with van der Waals surface area (Å²) in [4.78, 5) is 0.162. The van der Waals surface area contributed by atoms with E-state index in [0.29, 0.717) is 0 Å². The van der Waals surface area contributed by atoms with Gasteiger partial charge in [-0.25, -0.2) is 0 Å². The lowest BCUT2D eigenvalue weighted by Gasteiger charge is -2.06. The molecule has 0 aromatic heterocycles. The zero-order valence-corrected chi connectivity index (χ0v) is 9.29. The minimum Gasteiger partial charge on any atom is -0.167 e. The highest BCUT2D eigenvalue weighted by Gasteiger charge is 2.57. The zero-order chi connectivity index (χ0) is 11.7. The molecule has 1 atom stereocenters. The van der Waals surface area contributed by atoms with Gasteiger partial charge in [-0.05, 0) is 12.1 Å². The van der Waals surface area contributed by atoms with E-state index in [2.05, 4.69) is 0 Å². The largest absolute Gasteiger partial charge is 0.544 e. The van der Waals surface area contributed by atoms with Crippen molar-refractivity contribution in [1.29, 1.82) is 0 Å². The van der Waals surface area contributed by atoms with E-state index < -0.39 is 24.3 Å². The maximum Gasteiger partial charge on any atom is 0.544 e. The quantitative estimate of drug-likeness (QED) is 0.601. The molecule has 0 saturated heterocycles. The average molecular weight is 257 g/mol. The SMILES string of the molecule is C[S+](c1ccccc1)S(=O)(=O)C(F)(F)F. The fourth-order valence-electron chi connectivity index (χ4n) is 0.881. The van der Waals surface area contributed by atoms with Crippen molar-refractivity contribution < 1.29 is 21.6 Å². The van der Waals surface area contributed by atoms with Crippen LogP contribution in [0.1, 0.15) is 0 Å². The van der Waals surface area contributed by atoms with Crippen LogP contribution in [0, 0.1) is 0 Å². The van der Waals surface area contributed by atoms with Crippen LogP contribution >= 0.6 is 0 Å². The molecule has 0 fully saturated rings. The summed E-state index contributed by atoms with van der Waals surface area (Å²) in [5.41, 5.74) is -5.19. The van der Waals surface area contributed by atoms with Gasteiger partial charge in [0.15, 0.2) is 14.8 Å². The van der Waals surface area contributed by atoms with Crippen molar-refractivity contribution in [2.24, 2.45) is 0 Å². The Bertz CT molecular complexity index is 425. The first kappa shape index (κ1) is 12.4. The molecule has 1 rings (SSSR count). The molecule has 0 amide bonds. The van der Waals surface area contributed by atoms with Gasteiger partial charge in [0.25, 0.3) is 0 Å². The number of hydrogen-bond acceptors (Lipinski definition) is 2. The van der Waals surface area contributed by atoms with Gasteiger partial charge in [0.1, 0.15) is 6.26 Å². The van der Waals surface area contributed by atoms with Gasteiger partial charge in [-0.3, -0.25) is 0 Å². The Morgan fingerprint density at radius 1 is 1.13 bits per heavy atom. The molecule has 1 unspecified atom stereocenters. The molecule has 2 nitrogen and oxygen atoms in total. The molecule has 0 aliphatic heterocycles. The van der Waals surface area contributed by atoms with Crippen molar-refractivity contribution in [2.45, 2.75) is 10.4 Å². The molecule has 0 spiro atoms. The van der Waals surface area contributed by atoms with Crippen molar-refractivity contribution in [1.82, 2.24) is 0 Å². The van der Waals surface area contributed by atoms with Crippen molar-refractivity contribution in [3.63, 3.8) is 0 Å². The lowest BCUT2D eigenvalue weighted by atomic mass is 10.4. The Balaban J connectivity index is 3.12. The van der Waals surface area contributed by atoms with Crippen LogP contribution in [-0.2, 0) is 18.8 Å². The Morgan fingerprint density at radius 2 is 1.60 bits per heavy atom. The molecule has 0 saturated carbocycles. The van der Waals surface area contributed by atoms with E-state index in [1.54, 1.807) is 6.07 Å². The molecule has 84 valence electrons. The van der Waals surface area contributed by atoms with Gasteiger partial charge >= 0.3 is 14.4 Å². The Kier molecular flexibility index (Phi) is 3.34. The van der Waals surface area contributed by atoms with Gasteiger partial charge in [-0.15, -0.1) is 0 Å². The summed E-state index contributed by atoms with van der Waals surface area (Å²) in [6.07, 6.45) is 1.05. The van der Waals surface area contributed by atoms with Crippen molar-refractivity contribution >= 4 is 18.8 Å². The standard InChI is InChI=1S/C8H8F3O2S2/c1-14(7-5-3-2-4-6-7)15(12,13)8(9,10)11/h2-6H,1H3/q+1. The zero-order valence-electron chi connectivity index (χ0n) is 7.65. The summed E-state index contributed by atoms with van der Waals surface area (Å²) in [5, 5.41) is 0. The minimum absolute atomic E-state index is 0.162. The normalized spacial score (nSPS) is 14.9. The number of halogens is 3. The summed E-state index contributed by atoms with van der Waals surface area (Å²) < 4.78 is 58.6. The Hall–Kier alpha value is -0.690. The highest BCUT2D eigenvalue weighted by Crippen LogP contribution is 2.32. The molecule has 0 bridgehead atoms. The smallest absolute Gasteiger partial charge is 0.167 e. The second-order valence-corrected chi connectivity index (χ2v) is 8.23. The first-order chi connectivity index (χ1) is 6.77. The van der Waals surface area contributed by atoms with Crippen LogP contribution in [0.4, 0.5) is 13.2 Å². The predicted molar refractivity (Wildman–Crippen MR) is 53.0 cm³/mol. The Morgan fingerprint density at radius 3 is 2.00 bits per heavy atom. The van der Waals surface area contributed by atoms with Gasteiger partial charge in [0, 0.05) is 0 Å². The Labute approximate surface area is 87.8 Å². The first-order valence-electron chi connectivity index (χ1n) is 3.79. The molecule has 0 aliphatic carbocycles. The van der Waals surface area contributed by atoms with Crippen LogP contribution in [0.3, 0.4) is 0 Å². The highest BCUT2D eigenvalue weighted by molar-refractivity contribution is 8.69. The van der Waals surface area contributed by atoms with Crippen molar-refractivity contribution in [3.05, 3.63) is 30.3 Å². The predicted octanol–water partition coefficient (Wildman–Crippen LogP) is 2.14. The third-order valence-electron chi connectivity index (χ3n) is 1.69.